The highest BCUT2D eigenvalue weighted by Gasteiger charge is 2.03. The molecule has 2 N–H and O–H groups in total. The van der Waals surface area contributed by atoms with Gasteiger partial charge in [0, 0.05) is 50.9 Å². The number of aromatic nitrogens is 3. The van der Waals surface area contributed by atoms with E-state index in [-0.39, 0.29) is 24.0 Å². The average molecular weight is 510 g/mol. The Hall–Kier alpha value is -1.94. The predicted molar refractivity (Wildman–Crippen MR) is 127 cm³/mol. The Morgan fingerprint density at radius 3 is 2.71 bits per heavy atom. The van der Waals surface area contributed by atoms with E-state index in [1.165, 1.54) is 11.1 Å². The van der Waals surface area contributed by atoms with Crippen molar-refractivity contribution in [1.29, 1.82) is 0 Å². The smallest absolute Gasteiger partial charge is 0.191 e. The van der Waals surface area contributed by atoms with E-state index in [9.17, 15) is 0 Å². The van der Waals surface area contributed by atoms with Gasteiger partial charge in [-0.2, -0.15) is 0 Å². The first-order valence-electron chi connectivity index (χ1n) is 9.05. The second kappa shape index (κ2) is 11.2. The van der Waals surface area contributed by atoms with E-state index in [0.717, 1.165) is 48.5 Å². The number of nitrogens with one attached hydrogen (secondary N) is 2. The minimum atomic E-state index is 0. The molecular weight excluding hydrogens is 483 g/mol. The van der Waals surface area contributed by atoms with Crippen LogP contribution in [0.15, 0.2) is 47.0 Å². The molecule has 0 saturated carbocycles. The molecule has 0 aliphatic rings. The molecule has 0 unspecified atom stereocenters. The van der Waals surface area contributed by atoms with E-state index in [1.54, 1.807) is 18.4 Å². The molecule has 0 fully saturated rings. The third kappa shape index (κ3) is 6.59. The van der Waals surface area contributed by atoms with Gasteiger partial charge >= 0.3 is 0 Å². The number of aliphatic imine (C=N–C) groups is 1. The van der Waals surface area contributed by atoms with Crippen molar-refractivity contribution in [3.05, 3.63) is 69.7 Å². The van der Waals surface area contributed by atoms with Crippen LogP contribution in [0, 0.1) is 13.8 Å². The Bertz CT molecular complexity index is 902. The van der Waals surface area contributed by atoms with Crippen LogP contribution in [0.25, 0.3) is 0 Å². The zero-order valence-electron chi connectivity index (χ0n) is 16.5. The van der Waals surface area contributed by atoms with Crippen LogP contribution in [0.5, 0.6) is 0 Å². The van der Waals surface area contributed by atoms with Crippen molar-refractivity contribution < 1.29 is 0 Å². The van der Waals surface area contributed by atoms with Crippen LogP contribution < -0.4 is 10.6 Å². The van der Waals surface area contributed by atoms with Gasteiger partial charge in [0.2, 0.25) is 0 Å². The molecule has 3 rings (SSSR count). The van der Waals surface area contributed by atoms with E-state index in [1.807, 2.05) is 26.2 Å². The van der Waals surface area contributed by atoms with E-state index in [0.29, 0.717) is 0 Å². The van der Waals surface area contributed by atoms with Gasteiger partial charge in [-0.1, -0.05) is 24.3 Å². The summed E-state index contributed by atoms with van der Waals surface area (Å²) in [6, 6.07) is 8.59. The summed E-state index contributed by atoms with van der Waals surface area (Å²) in [7, 11) is 1.79. The van der Waals surface area contributed by atoms with Gasteiger partial charge in [-0.05, 0) is 25.0 Å². The highest BCUT2D eigenvalue weighted by molar-refractivity contribution is 14.0. The number of halogens is 1. The second-order valence-electron chi connectivity index (χ2n) is 6.38. The SMILES string of the molecule is CN=C(NCCc1csc(C)n1)NCc1cccc(Cn2ccnc2C)c1.I. The molecule has 28 heavy (non-hydrogen) atoms. The van der Waals surface area contributed by atoms with Gasteiger partial charge in [0.15, 0.2) is 5.96 Å². The molecule has 2 heterocycles. The van der Waals surface area contributed by atoms with Crippen molar-refractivity contribution in [3.63, 3.8) is 0 Å². The fourth-order valence-electron chi connectivity index (χ4n) is 2.84. The lowest BCUT2D eigenvalue weighted by atomic mass is 10.1. The molecule has 2 aromatic heterocycles. The van der Waals surface area contributed by atoms with Gasteiger partial charge < -0.3 is 15.2 Å². The van der Waals surface area contributed by atoms with Crippen LogP contribution >= 0.6 is 35.3 Å². The van der Waals surface area contributed by atoms with Gasteiger partial charge in [-0.15, -0.1) is 35.3 Å². The highest BCUT2D eigenvalue weighted by Crippen LogP contribution is 2.09. The van der Waals surface area contributed by atoms with Gasteiger partial charge in [0.25, 0.3) is 0 Å². The summed E-state index contributed by atoms with van der Waals surface area (Å²) in [5.74, 6) is 1.83. The van der Waals surface area contributed by atoms with E-state index >= 15 is 0 Å². The second-order valence-corrected chi connectivity index (χ2v) is 7.44. The maximum Gasteiger partial charge on any atom is 0.191 e. The van der Waals surface area contributed by atoms with Crippen molar-refractivity contribution in [1.82, 2.24) is 25.2 Å². The van der Waals surface area contributed by atoms with Crippen molar-refractivity contribution in [3.8, 4) is 0 Å². The Morgan fingerprint density at radius 1 is 1.21 bits per heavy atom. The van der Waals surface area contributed by atoms with Crippen molar-refractivity contribution >= 4 is 41.3 Å². The molecule has 0 bridgehead atoms. The number of imidazole rings is 1. The lowest BCUT2D eigenvalue weighted by Crippen LogP contribution is -2.37. The zero-order valence-corrected chi connectivity index (χ0v) is 19.6. The molecule has 0 atom stereocenters. The lowest BCUT2D eigenvalue weighted by molar-refractivity contribution is 0.757. The summed E-state index contributed by atoms with van der Waals surface area (Å²) in [4.78, 5) is 13.1. The fraction of sp³-hybridized carbons (Fsp3) is 0.350. The molecule has 3 aromatic rings. The molecule has 0 spiro atoms. The maximum atomic E-state index is 4.49. The van der Waals surface area contributed by atoms with E-state index in [2.05, 4.69) is 59.8 Å². The van der Waals surface area contributed by atoms with E-state index < -0.39 is 0 Å². The van der Waals surface area contributed by atoms with Gasteiger partial charge in [0.1, 0.15) is 5.82 Å². The molecule has 6 nitrogen and oxygen atoms in total. The summed E-state index contributed by atoms with van der Waals surface area (Å²) in [6.07, 6.45) is 4.74. The molecular formula is C20H27IN6S. The third-order valence-electron chi connectivity index (χ3n) is 4.29. The molecule has 1 aromatic carbocycles. The normalized spacial score (nSPS) is 11.2. The molecule has 0 amide bonds. The first-order valence-corrected chi connectivity index (χ1v) is 9.93. The van der Waals surface area contributed by atoms with Gasteiger partial charge in [0.05, 0.1) is 10.7 Å². The number of guanidine groups is 1. The van der Waals surface area contributed by atoms with Crippen LogP contribution in [0.1, 0.15) is 27.7 Å². The van der Waals surface area contributed by atoms with Crippen LogP contribution in [-0.2, 0) is 19.5 Å². The Kier molecular flexibility index (Phi) is 8.91. The minimum absolute atomic E-state index is 0. The Balaban J connectivity index is 0.00000280. The number of aryl methyl sites for hydroxylation is 2. The molecule has 150 valence electrons. The summed E-state index contributed by atoms with van der Waals surface area (Å²) >= 11 is 1.69. The minimum Gasteiger partial charge on any atom is -0.356 e. The molecule has 0 aliphatic carbocycles. The molecule has 0 radical (unpaired) electrons. The number of benzene rings is 1. The van der Waals surface area contributed by atoms with Gasteiger partial charge in [-0.3, -0.25) is 4.99 Å². The summed E-state index contributed by atoms with van der Waals surface area (Å²) in [6.45, 7) is 6.42. The fourth-order valence-corrected chi connectivity index (χ4v) is 3.49. The summed E-state index contributed by atoms with van der Waals surface area (Å²) in [5, 5.41) is 9.94. The number of nitrogens with zero attached hydrogens (tertiary/aromatic N) is 4. The van der Waals surface area contributed by atoms with Crippen molar-refractivity contribution in [2.45, 2.75) is 33.4 Å². The van der Waals surface area contributed by atoms with Crippen LogP contribution in [-0.4, -0.2) is 34.1 Å². The first-order chi connectivity index (χ1) is 13.1. The quantitative estimate of drug-likeness (QED) is 0.290. The average Bonchev–Trinajstić information content (AvgIpc) is 3.26. The lowest BCUT2D eigenvalue weighted by Gasteiger charge is -2.12. The van der Waals surface area contributed by atoms with Crippen LogP contribution in [0.2, 0.25) is 0 Å². The Labute approximate surface area is 187 Å². The predicted octanol–water partition coefficient (Wildman–Crippen LogP) is 3.53. The number of rotatable bonds is 7. The van der Waals surface area contributed by atoms with Crippen molar-refractivity contribution in [2.75, 3.05) is 13.6 Å². The monoisotopic (exact) mass is 510 g/mol. The molecule has 8 heteroatoms. The van der Waals surface area contributed by atoms with Crippen molar-refractivity contribution in [2.24, 2.45) is 4.99 Å². The third-order valence-corrected chi connectivity index (χ3v) is 5.11. The summed E-state index contributed by atoms with van der Waals surface area (Å²) < 4.78 is 2.15. The zero-order chi connectivity index (χ0) is 19.1. The largest absolute Gasteiger partial charge is 0.356 e. The highest BCUT2D eigenvalue weighted by atomic mass is 127. The molecule has 0 aliphatic heterocycles. The standard InChI is InChI=1S/C20H26N6S.HI/c1-15-22-9-10-26(15)13-18-6-4-5-17(11-18)12-24-20(21-3)23-8-7-19-14-27-16(2)25-19;/h4-6,9-11,14H,7-8,12-13H2,1-3H3,(H2,21,23,24);1H. The first kappa shape index (κ1) is 22.4. The van der Waals surface area contributed by atoms with E-state index in [4.69, 9.17) is 0 Å². The Morgan fingerprint density at radius 2 is 2.04 bits per heavy atom. The van der Waals surface area contributed by atoms with Crippen LogP contribution in [0.4, 0.5) is 0 Å². The number of thiazole rings is 1. The molecule has 0 saturated heterocycles. The van der Waals surface area contributed by atoms with Gasteiger partial charge in [-0.25, -0.2) is 9.97 Å². The maximum absolute atomic E-state index is 4.49. The number of hydrogen-bond donors (Lipinski definition) is 2. The van der Waals surface area contributed by atoms with Crippen LogP contribution in [0.3, 0.4) is 0 Å². The summed E-state index contributed by atoms with van der Waals surface area (Å²) in [5.41, 5.74) is 3.61. The number of hydrogen-bond acceptors (Lipinski definition) is 4. The topological polar surface area (TPSA) is 67.1 Å².